The Morgan fingerprint density at radius 2 is 1.93 bits per heavy atom. The molecule has 28 heavy (non-hydrogen) atoms. The predicted molar refractivity (Wildman–Crippen MR) is 111 cm³/mol. The number of carbonyl (C=O) groups excluding carboxylic acids is 1. The van der Waals surface area contributed by atoms with Crippen molar-refractivity contribution in [3.63, 3.8) is 0 Å². The SMILES string of the molecule is CNc1nc2c(c(C(=O)N3CCCC3)n1)CN(CC=Cc1ccccc1)CC2. The van der Waals surface area contributed by atoms with Gasteiger partial charge < -0.3 is 10.2 Å². The van der Waals surface area contributed by atoms with Crippen LogP contribution in [0.1, 0.15) is 40.2 Å². The minimum atomic E-state index is 0.0503. The van der Waals surface area contributed by atoms with Gasteiger partial charge in [0.25, 0.3) is 5.91 Å². The minimum Gasteiger partial charge on any atom is -0.357 e. The fourth-order valence-corrected chi connectivity index (χ4v) is 3.89. The molecule has 1 amide bonds. The van der Waals surface area contributed by atoms with Gasteiger partial charge in [0, 0.05) is 51.8 Å². The van der Waals surface area contributed by atoms with Crippen LogP contribution in [-0.4, -0.2) is 58.9 Å². The Balaban J connectivity index is 1.53. The summed E-state index contributed by atoms with van der Waals surface area (Å²) in [5.74, 6) is 0.591. The fourth-order valence-electron chi connectivity index (χ4n) is 3.89. The lowest BCUT2D eigenvalue weighted by atomic mass is 10.0. The van der Waals surface area contributed by atoms with Gasteiger partial charge >= 0.3 is 0 Å². The Kier molecular flexibility index (Phi) is 5.67. The van der Waals surface area contributed by atoms with Gasteiger partial charge in [-0.2, -0.15) is 0 Å². The molecule has 1 fully saturated rings. The molecule has 0 bridgehead atoms. The van der Waals surface area contributed by atoms with Crippen LogP contribution >= 0.6 is 0 Å². The molecule has 0 aliphatic carbocycles. The zero-order chi connectivity index (χ0) is 19.3. The molecule has 1 N–H and O–H groups in total. The standard InChI is InChI=1S/C22H27N5O/c1-23-22-24-19-11-15-26(12-7-10-17-8-3-2-4-9-17)16-18(19)20(25-22)21(28)27-13-5-6-14-27/h2-4,7-10H,5-6,11-16H2,1H3,(H,23,24,25). The third-order valence-electron chi connectivity index (χ3n) is 5.43. The molecule has 0 spiro atoms. The highest BCUT2D eigenvalue weighted by molar-refractivity contribution is 5.94. The molecule has 3 heterocycles. The van der Waals surface area contributed by atoms with Crippen LogP contribution in [-0.2, 0) is 13.0 Å². The summed E-state index contributed by atoms with van der Waals surface area (Å²) in [7, 11) is 1.80. The van der Waals surface area contributed by atoms with E-state index in [4.69, 9.17) is 0 Å². The molecule has 0 radical (unpaired) electrons. The van der Waals surface area contributed by atoms with Crippen molar-refractivity contribution in [2.45, 2.75) is 25.8 Å². The zero-order valence-electron chi connectivity index (χ0n) is 16.4. The molecular formula is C22H27N5O. The summed E-state index contributed by atoms with van der Waals surface area (Å²) >= 11 is 0. The number of fused-ring (bicyclic) bond motifs is 1. The molecule has 1 saturated heterocycles. The molecule has 2 aromatic rings. The van der Waals surface area contributed by atoms with Crippen molar-refractivity contribution in [2.24, 2.45) is 0 Å². The van der Waals surface area contributed by atoms with Gasteiger partial charge in [-0.3, -0.25) is 9.69 Å². The van der Waals surface area contributed by atoms with E-state index in [1.165, 1.54) is 5.56 Å². The second kappa shape index (κ2) is 8.52. The lowest BCUT2D eigenvalue weighted by Gasteiger charge is -2.29. The quantitative estimate of drug-likeness (QED) is 0.868. The molecule has 2 aliphatic heterocycles. The van der Waals surface area contributed by atoms with Crippen molar-refractivity contribution in [3.05, 3.63) is 58.9 Å². The average Bonchev–Trinajstić information content (AvgIpc) is 3.28. The first-order valence-electron chi connectivity index (χ1n) is 10.1. The lowest BCUT2D eigenvalue weighted by Crippen LogP contribution is -2.36. The first-order chi connectivity index (χ1) is 13.7. The molecule has 4 rings (SSSR count). The fraction of sp³-hybridized carbons (Fsp3) is 0.409. The Labute approximate surface area is 166 Å². The van der Waals surface area contributed by atoms with E-state index in [0.717, 1.165) is 56.7 Å². The van der Waals surface area contributed by atoms with Gasteiger partial charge in [-0.05, 0) is 18.4 Å². The molecule has 0 saturated carbocycles. The third kappa shape index (κ3) is 4.07. The number of aromatic nitrogens is 2. The van der Waals surface area contributed by atoms with Crippen LogP contribution in [0, 0.1) is 0 Å². The highest BCUT2D eigenvalue weighted by Crippen LogP contribution is 2.24. The van der Waals surface area contributed by atoms with Crippen molar-refractivity contribution < 1.29 is 4.79 Å². The van der Waals surface area contributed by atoms with E-state index in [9.17, 15) is 4.79 Å². The molecule has 1 aromatic carbocycles. The number of rotatable bonds is 5. The Morgan fingerprint density at radius 1 is 1.14 bits per heavy atom. The number of nitrogens with one attached hydrogen (secondary N) is 1. The van der Waals surface area contributed by atoms with Gasteiger partial charge in [-0.15, -0.1) is 0 Å². The number of hydrogen-bond acceptors (Lipinski definition) is 5. The van der Waals surface area contributed by atoms with E-state index in [-0.39, 0.29) is 5.91 Å². The number of benzene rings is 1. The normalized spacial score (nSPS) is 17.1. The maximum absolute atomic E-state index is 13.1. The van der Waals surface area contributed by atoms with E-state index in [2.05, 4.69) is 44.5 Å². The van der Waals surface area contributed by atoms with Crippen LogP contribution in [0.2, 0.25) is 0 Å². The van der Waals surface area contributed by atoms with Gasteiger partial charge in [0.2, 0.25) is 5.95 Å². The highest BCUT2D eigenvalue weighted by atomic mass is 16.2. The maximum Gasteiger partial charge on any atom is 0.273 e. The van der Waals surface area contributed by atoms with Crippen molar-refractivity contribution in [1.82, 2.24) is 19.8 Å². The molecule has 146 valence electrons. The Hall–Kier alpha value is -2.73. The summed E-state index contributed by atoms with van der Waals surface area (Å²) in [6.45, 7) is 4.16. The van der Waals surface area contributed by atoms with E-state index < -0.39 is 0 Å². The molecule has 2 aliphatic rings. The number of amides is 1. The Bertz CT molecular complexity index is 859. The summed E-state index contributed by atoms with van der Waals surface area (Å²) in [4.78, 5) is 26.5. The average molecular weight is 377 g/mol. The van der Waals surface area contributed by atoms with Crippen LogP contribution in [0.3, 0.4) is 0 Å². The predicted octanol–water partition coefficient (Wildman–Crippen LogP) is 2.83. The molecule has 0 atom stereocenters. The number of likely N-dealkylation sites (tertiary alicyclic amines) is 1. The van der Waals surface area contributed by atoms with Gasteiger partial charge in [0.15, 0.2) is 0 Å². The first kappa shape index (κ1) is 18.6. The van der Waals surface area contributed by atoms with Gasteiger partial charge in [-0.1, -0.05) is 42.5 Å². The second-order valence-corrected chi connectivity index (χ2v) is 7.37. The number of nitrogens with zero attached hydrogens (tertiary/aromatic N) is 4. The van der Waals surface area contributed by atoms with Crippen LogP contribution in [0.4, 0.5) is 5.95 Å². The van der Waals surface area contributed by atoms with Gasteiger partial charge in [0.05, 0.1) is 5.69 Å². The van der Waals surface area contributed by atoms with Crippen LogP contribution in [0.15, 0.2) is 36.4 Å². The Morgan fingerprint density at radius 3 is 2.68 bits per heavy atom. The maximum atomic E-state index is 13.1. The summed E-state index contributed by atoms with van der Waals surface area (Å²) in [6.07, 6.45) is 7.33. The highest BCUT2D eigenvalue weighted by Gasteiger charge is 2.29. The third-order valence-corrected chi connectivity index (χ3v) is 5.43. The van der Waals surface area contributed by atoms with E-state index in [1.54, 1.807) is 7.05 Å². The second-order valence-electron chi connectivity index (χ2n) is 7.37. The van der Waals surface area contributed by atoms with Gasteiger partial charge in [-0.25, -0.2) is 9.97 Å². The van der Waals surface area contributed by atoms with E-state index in [0.29, 0.717) is 18.2 Å². The van der Waals surface area contributed by atoms with E-state index in [1.807, 2.05) is 23.1 Å². The summed E-state index contributed by atoms with van der Waals surface area (Å²) in [5, 5.41) is 3.01. The van der Waals surface area contributed by atoms with Crippen molar-refractivity contribution in [3.8, 4) is 0 Å². The molecule has 6 nitrogen and oxygen atoms in total. The van der Waals surface area contributed by atoms with Crippen molar-refractivity contribution in [2.75, 3.05) is 38.5 Å². The largest absolute Gasteiger partial charge is 0.357 e. The number of hydrogen-bond donors (Lipinski definition) is 1. The number of anilines is 1. The summed E-state index contributed by atoms with van der Waals surface area (Å²) in [6, 6.07) is 10.3. The minimum absolute atomic E-state index is 0.0503. The van der Waals surface area contributed by atoms with Crippen LogP contribution in [0.5, 0.6) is 0 Å². The van der Waals surface area contributed by atoms with E-state index >= 15 is 0 Å². The molecule has 6 heteroatoms. The van der Waals surface area contributed by atoms with Crippen molar-refractivity contribution >= 4 is 17.9 Å². The van der Waals surface area contributed by atoms with Crippen LogP contribution in [0.25, 0.3) is 6.08 Å². The zero-order valence-corrected chi connectivity index (χ0v) is 16.4. The first-order valence-corrected chi connectivity index (χ1v) is 10.1. The van der Waals surface area contributed by atoms with Crippen LogP contribution < -0.4 is 5.32 Å². The smallest absolute Gasteiger partial charge is 0.273 e. The molecular weight excluding hydrogens is 350 g/mol. The molecule has 0 unspecified atom stereocenters. The lowest BCUT2D eigenvalue weighted by molar-refractivity contribution is 0.0783. The topological polar surface area (TPSA) is 61.4 Å². The summed E-state index contributed by atoms with van der Waals surface area (Å²) in [5.41, 5.74) is 3.78. The molecule has 1 aromatic heterocycles. The van der Waals surface area contributed by atoms with Crippen molar-refractivity contribution in [1.29, 1.82) is 0 Å². The summed E-state index contributed by atoms with van der Waals surface area (Å²) < 4.78 is 0. The van der Waals surface area contributed by atoms with Gasteiger partial charge in [0.1, 0.15) is 5.69 Å². The monoisotopic (exact) mass is 377 g/mol. The number of carbonyl (C=O) groups is 1.